The maximum absolute atomic E-state index is 12.9. The summed E-state index contributed by atoms with van der Waals surface area (Å²) in [5, 5.41) is 3.50. The number of hydrogen-bond acceptors (Lipinski definition) is 4. The standard InChI is InChI=1S/C25H34N2O2/c1-18(2)22-13-12-19(3)15-24(22)29-25(28)16-23(20-9-5-4-6-10-20)27-17-21-11-7-8-14-26-21/h4-11,14,18-19,22-24,27H,12-13,15-17H2,1-3H3. The molecule has 1 saturated carbocycles. The molecule has 1 aliphatic rings. The van der Waals surface area contributed by atoms with E-state index >= 15 is 0 Å². The molecule has 0 saturated heterocycles. The highest BCUT2D eigenvalue weighted by Crippen LogP contribution is 2.35. The van der Waals surface area contributed by atoms with Crippen molar-refractivity contribution in [2.75, 3.05) is 0 Å². The van der Waals surface area contributed by atoms with Crippen molar-refractivity contribution in [3.05, 3.63) is 66.0 Å². The molecule has 0 radical (unpaired) electrons. The molecule has 2 aromatic rings. The Morgan fingerprint density at radius 2 is 1.90 bits per heavy atom. The van der Waals surface area contributed by atoms with Crippen LogP contribution in [-0.4, -0.2) is 17.1 Å². The Kier molecular flexibility index (Phi) is 7.82. The molecule has 4 heteroatoms. The first kappa shape index (κ1) is 21.5. The van der Waals surface area contributed by atoms with Crippen LogP contribution >= 0.6 is 0 Å². The molecule has 1 heterocycles. The maximum Gasteiger partial charge on any atom is 0.308 e. The monoisotopic (exact) mass is 394 g/mol. The molecule has 29 heavy (non-hydrogen) atoms. The molecular weight excluding hydrogens is 360 g/mol. The van der Waals surface area contributed by atoms with Gasteiger partial charge >= 0.3 is 5.97 Å². The fourth-order valence-corrected chi connectivity index (χ4v) is 4.36. The van der Waals surface area contributed by atoms with Gasteiger partial charge in [-0.2, -0.15) is 0 Å². The number of benzene rings is 1. The van der Waals surface area contributed by atoms with Crippen LogP contribution in [-0.2, 0) is 16.1 Å². The lowest BCUT2D eigenvalue weighted by Gasteiger charge is -2.37. The average Bonchev–Trinajstić information content (AvgIpc) is 2.72. The number of hydrogen-bond donors (Lipinski definition) is 1. The first-order chi connectivity index (χ1) is 14.0. The SMILES string of the molecule is CC1CCC(C(C)C)C(OC(=O)CC(NCc2ccccn2)c2ccccc2)C1. The van der Waals surface area contributed by atoms with E-state index in [1.54, 1.807) is 6.20 Å². The summed E-state index contributed by atoms with van der Waals surface area (Å²) >= 11 is 0. The minimum absolute atomic E-state index is 0.0402. The minimum atomic E-state index is -0.114. The number of pyridine rings is 1. The lowest BCUT2D eigenvalue weighted by Crippen LogP contribution is -2.36. The van der Waals surface area contributed by atoms with E-state index in [9.17, 15) is 4.79 Å². The second-order valence-electron chi connectivity index (χ2n) is 8.72. The summed E-state index contributed by atoms with van der Waals surface area (Å²) in [5.74, 6) is 1.51. The number of nitrogens with zero attached hydrogens (tertiary/aromatic N) is 1. The predicted molar refractivity (Wildman–Crippen MR) is 116 cm³/mol. The molecule has 0 aliphatic heterocycles. The number of carbonyl (C=O) groups excluding carboxylic acids is 1. The van der Waals surface area contributed by atoms with Crippen molar-refractivity contribution in [1.29, 1.82) is 0 Å². The first-order valence-corrected chi connectivity index (χ1v) is 10.9. The normalized spacial score (nSPS) is 23.0. The zero-order valence-electron chi connectivity index (χ0n) is 17.9. The zero-order chi connectivity index (χ0) is 20.6. The van der Waals surface area contributed by atoms with Crippen molar-refractivity contribution in [3.63, 3.8) is 0 Å². The molecular formula is C25H34N2O2. The quantitative estimate of drug-likeness (QED) is 0.617. The van der Waals surface area contributed by atoms with Crippen LogP contribution < -0.4 is 5.32 Å². The van der Waals surface area contributed by atoms with Gasteiger partial charge in [0.1, 0.15) is 6.10 Å². The van der Waals surface area contributed by atoms with Crippen LogP contribution in [0.2, 0.25) is 0 Å². The van der Waals surface area contributed by atoms with Gasteiger partial charge in [0.05, 0.1) is 12.1 Å². The molecule has 4 unspecified atom stereocenters. The molecule has 1 aromatic heterocycles. The van der Waals surface area contributed by atoms with E-state index in [2.05, 4.69) is 43.2 Å². The van der Waals surface area contributed by atoms with Gasteiger partial charge in [-0.3, -0.25) is 9.78 Å². The maximum atomic E-state index is 12.9. The van der Waals surface area contributed by atoms with E-state index in [0.717, 1.165) is 24.1 Å². The Bertz CT molecular complexity index is 748. The average molecular weight is 395 g/mol. The van der Waals surface area contributed by atoms with Gasteiger partial charge in [-0.15, -0.1) is 0 Å². The highest BCUT2D eigenvalue weighted by Gasteiger charge is 2.33. The lowest BCUT2D eigenvalue weighted by atomic mass is 9.75. The summed E-state index contributed by atoms with van der Waals surface area (Å²) in [6.45, 7) is 7.35. The Balaban J connectivity index is 1.65. The summed E-state index contributed by atoms with van der Waals surface area (Å²) in [6, 6.07) is 15.9. The molecule has 1 aliphatic carbocycles. The van der Waals surface area contributed by atoms with Crippen molar-refractivity contribution < 1.29 is 9.53 Å². The summed E-state index contributed by atoms with van der Waals surface area (Å²) in [6.07, 6.45) is 5.52. The minimum Gasteiger partial charge on any atom is -0.462 e. The molecule has 0 bridgehead atoms. The van der Waals surface area contributed by atoms with Crippen LogP contribution in [0.4, 0.5) is 0 Å². The van der Waals surface area contributed by atoms with Gasteiger partial charge < -0.3 is 10.1 Å². The molecule has 4 atom stereocenters. The molecule has 0 amide bonds. The van der Waals surface area contributed by atoms with Crippen LogP contribution in [0.1, 0.15) is 63.8 Å². The van der Waals surface area contributed by atoms with Gasteiger partial charge in [0.2, 0.25) is 0 Å². The van der Waals surface area contributed by atoms with Crippen LogP contribution in [0.15, 0.2) is 54.7 Å². The second-order valence-corrected chi connectivity index (χ2v) is 8.72. The third-order valence-corrected chi connectivity index (χ3v) is 6.07. The van der Waals surface area contributed by atoms with Crippen molar-refractivity contribution in [2.45, 2.75) is 65.1 Å². The van der Waals surface area contributed by atoms with E-state index in [4.69, 9.17) is 4.74 Å². The van der Waals surface area contributed by atoms with Crippen molar-refractivity contribution in [1.82, 2.24) is 10.3 Å². The van der Waals surface area contributed by atoms with E-state index in [1.165, 1.54) is 6.42 Å². The molecule has 1 aromatic carbocycles. The lowest BCUT2D eigenvalue weighted by molar-refractivity contribution is -0.156. The van der Waals surface area contributed by atoms with Gasteiger partial charge in [-0.1, -0.05) is 63.6 Å². The fourth-order valence-electron chi connectivity index (χ4n) is 4.36. The van der Waals surface area contributed by atoms with Crippen molar-refractivity contribution >= 4 is 5.97 Å². The Labute approximate surface area is 175 Å². The van der Waals surface area contributed by atoms with E-state index in [0.29, 0.717) is 30.7 Å². The van der Waals surface area contributed by atoms with Crippen LogP contribution in [0.25, 0.3) is 0 Å². The van der Waals surface area contributed by atoms with E-state index in [-0.39, 0.29) is 18.1 Å². The summed E-state index contributed by atoms with van der Waals surface area (Å²) in [5.41, 5.74) is 2.06. The van der Waals surface area contributed by atoms with Gasteiger partial charge in [0.25, 0.3) is 0 Å². The van der Waals surface area contributed by atoms with Gasteiger partial charge in [-0.05, 0) is 48.3 Å². The second kappa shape index (κ2) is 10.5. The smallest absolute Gasteiger partial charge is 0.308 e. The first-order valence-electron chi connectivity index (χ1n) is 10.9. The third kappa shape index (κ3) is 6.40. The largest absolute Gasteiger partial charge is 0.462 e. The van der Waals surface area contributed by atoms with Crippen LogP contribution in [0.3, 0.4) is 0 Å². The number of ether oxygens (including phenoxy) is 1. The predicted octanol–water partition coefficient (Wildman–Crippen LogP) is 5.31. The zero-order valence-corrected chi connectivity index (χ0v) is 17.9. The van der Waals surface area contributed by atoms with Crippen LogP contribution in [0, 0.1) is 17.8 Å². The molecule has 4 nitrogen and oxygen atoms in total. The topological polar surface area (TPSA) is 51.2 Å². The summed E-state index contributed by atoms with van der Waals surface area (Å²) in [4.78, 5) is 17.3. The highest BCUT2D eigenvalue weighted by atomic mass is 16.5. The summed E-state index contributed by atoms with van der Waals surface area (Å²) < 4.78 is 6.05. The molecule has 3 rings (SSSR count). The molecule has 0 spiro atoms. The molecule has 1 N–H and O–H groups in total. The Morgan fingerprint density at radius 1 is 1.14 bits per heavy atom. The Morgan fingerprint density at radius 3 is 2.59 bits per heavy atom. The fraction of sp³-hybridized carbons (Fsp3) is 0.520. The van der Waals surface area contributed by atoms with Crippen molar-refractivity contribution in [3.8, 4) is 0 Å². The van der Waals surface area contributed by atoms with E-state index < -0.39 is 0 Å². The number of aromatic nitrogens is 1. The van der Waals surface area contributed by atoms with Crippen LogP contribution in [0.5, 0.6) is 0 Å². The van der Waals surface area contributed by atoms with E-state index in [1.807, 2.05) is 36.4 Å². The van der Waals surface area contributed by atoms with Gasteiger partial charge in [0.15, 0.2) is 0 Å². The van der Waals surface area contributed by atoms with Gasteiger partial charge in [0, 0.05) is 18.8 Å². The number of carbonyl (C=O) groups is 1. The summed E-state index contributed by atoms with van der Waals surface area (Å²) in [7, 11) is 0. The number of esters is 1. The molecule has 156 valence electrons. The van der Waals surface area contributed by atoms with Crippen molar-refractivity contribution in [2.24, 2.45) is 17.8 Å². The highest BCUT2D eigenvalue weighted by molar-refractivity contribution is 5.70. The van der Waals surface area contributed by atoms with Gasteiger partial charge in [-0.25, -0.2) is 0 Å². The number of rotatable bonds is 8. The third-order valence-electron chi connectivity index (χ3n) is 6.07. The Hall–Kier alpha value is -2.20. The molecule has 1 fully saturated rings. The number of nitrogens with one attached hydrogen (secondary N) is 1.